The molecule has 0 saturated heterocycles. The van der Waals surface area contributed by atoms with Crippen LogP contribution in [0, 0.1) is 0 Å². The molecule has 20 heavy (non-hydrogen) atoms. The van der Waals surface area contributed by atoms with E-state index >= 15 is 0 Å². The van der Waals surface area contributed by atoms with Gasteiger partial charge in [-0.1, -0.05) is 6.07 Å². The van der Waals surface area contributed by atoms with Crippen LogP contribution in [0.15, 0.2) is 24.4 Å². The fourth-order valence-corrected chi connectivity index (χ4v) is 3.41. The Labute approximate surface area is 120 Å². The Morgan fingerprint density at radius 2 is 2.35 bits per heavy atom. The number of carboxylic acids is 1. The van der Waals surface area contributed by atoms with Crippen molar-refractivity contribution in [2.45, 2.75) is 25.9 Å². The van der Waals surface area contributed by atoms with E-state index in [1.165, 1.54) is 0 Å². The Hall–Kier alpha value is -1.79. The minimum absolute atomic E-state index is 0.455. The van der Waals surface area contributed by atoms with Gasteiger partial charge in [-0.3, -0.25) is 14.7 Å². The highest BCUT2D eigenvalue weighted by molar-refractivity contribution is 7.15. The topological polar surface area (TPSA) is 66.3 Å². The summed E-state index contributed by atoms with van der Waals surface area (Å²) in [6.45, 7) is 3.13. The van der Waals surface area contributed by atoms with E-state index in [0.29, 0.717) is 6.54 Å². The number of carboxylic acid groups (broad SMARTS) is 1. The molecule has 0 aromatic carbocycles. The van der Waals surface area contributed by atoms with Gasteiger partial charge in [0.25, 0.3) is 0 Å². The molecule has 1 aliphatic heterocycles. The molecule has 0 fully saturated rings. The molecule has 2 aromatic rings. The second-order valence-corrected chi connectivity index (χ2v) is 5.92. The van der Waals surface area contributed by atoms with Crippen LogP contribution in [0.5, 0.6) is 0 Å². The van der Waals surface area contributed by atoms with Crippen LogP contribution in [0.2, 0.25) is 0 Å². The molecule has 0 saturated carbocycles. The van der Waals surface area contributed by atoms with E-state index in [-0.39, 0.29) is 0 Å². The molecule has 0 aliphatic carbocycles. The summed E-state index contributed by atoms with van der Waals surface area (Å²) in [5, 5.41) is 10.0. The van der Waals surface area contributed by atoms with Gasteiger partial charge < -0.3 is 5.11 Å². The molecular formula is C14H15N3O2S. The third-order valence-corrected chi connectivity index (χ3v) is 4.65. The molecule has 104 valence electrons. The Morgan fingerprint density at radius 1 is 1.50 bits per heavy atom. The highest BCUT2D eigenvalue weighted by Gasteiger charge is 2.27. The molecular weight excluding hydrogens is 274 g/mol. The van der Waals surface area contributed by atoms with E-state index < -0.39 is 12.0 Å². The number of carbonyl (C=O) groups is 1. The zero-order valence-corrected chi connectivity index (χ0v) is 11.9. The van der Waals surface area contributed by atoms with Crippen molar-refractivity contribution in [1.29, 1.82) is 0 Å². The third-order valence-electron chi connectivity index (χ3n) is 3.55. The van der Waals surface area contributed by atoms with Gasteiger partial charge in [0.15, 0.2) is 0 Å². The van der Waals surface area contributed by atoms with Gasteiger partial charge in [-0.15, -0.1) is 11.3 Å². The first kappa shape index (κ1) is 13.2. The number of pyridine rings is 1. The van der Waals surface area contributed by atoms with Gasteiger partial charge in [-0.2, -0.15) is 0 Å². The smallest absolute Gasteiger partial charge is 0.320 e. The molecule has 1 N–H and O–H groups in total. The number of fused-ring (bicyclic) bond motifs is 1. The molecule has 2 aromatic heterocycles. The van der Waals surface area contributed by atoms with E-state index in [0.717, 1.165) is 34.2 Å². The van der Waals surface area contributed by atoms with E-state index in [4.69, 9.17) is 5.11 Å². The third kappa shape index (κ3) is 2.44. The number of hydrogen-bond donors (Lipinski definition) is 1. The van der Waals surface area contributed by atoms with Gasteiger partial charge in [0.1, 0.15) is 11.0 Å². The summed E-state index contributed by atoms with van der Waals surface area (Å²) in [5.74, 6) is -0.775. The molecule has 1 atom stereocenters. The van der Waals surface area contributed by atoms with E-state index in [1.54, 1.807) is 24.5 Å². The highest BCUT2D eigenvalue weighted by Crippen LogP contribution is 2.31. The predicted molar refractivity (Wildman–Crippen MR) is 76.6 cm³/mol. The number of hydrogen-bond acceptors (Lipinski definition) is 5. The van der Waals surface area contributed by atoms with Crippen LogP contribution >= 0.6 is 11.3 Å². The lowest BCUT2D eigenvalue weighted by molar-refractivity contribution is -0.142. The van der Waals surface area contributed by atoms with Gasteiger partial charge in [-0.05, 0) is 19.1 Å². The van der Waals surface area contributed by atoms with Crippen LogP contribution in [0.3, 0.4) is 0 Å². The van der Waals surface area contributed by atoms with Gasteiger partial charge >= 0.3 is 5.97 Å². The van der Waals surface area contributed by atoms with Crippen molar-refractivity contribution in [1.82, 2.24) is 14.9 Å². The SMILES string of the molecule is CC(C(=O)O)N1CCc2nc(-c3ccccn3)sc2C1. The maximum absolute atomic E-state index is 11.1. The van der Waals surface area contributed by atoms with Crippen molar-refractivity contribution in [3.8, 4) is 10.7 Å². The number of aliphatic carboxylic acids is 1. The summed E-state index contributed by atoms with van der Waals surface area (Å²) in [6, 6.07) is 5.32. The Morgan fingerprint density at radius 3 is 3.05 bits per heavy atom. The molecule has 6 heteroatoms. The highest BCUT2D eigenvalue weighted by atomic mass is 32.1. The van der Waals surface area contributed by atoms with E-state index in [2.05, 4.69) is 9.97 Å². The number of rotatable bonds is 3. The zero-order chi connectivity index (χ0) is 14.1. The van der Waals surface area contributed by atoms with Crippen LogP contribution in [0.4, 0.5) is 0 Å². The largest absolute Gasteiger partial charge is 0.480 e. The van der Waals surface area contributed by atoms with Crippen molar-refractivity contribution in [2.24, 2.45) is 0 Å². The first-order valence-corrected chi connectivity index (χ1v) is 7.33. The average molecular weight is 289 g/mol. The molecule has 3 heterocycles. The summed E-state index contributed by atoms with van der Waals surface area (Å²) in [5.41, 5.74) is 1.97. The quantitative estimate of drug-likeness (QED) is 0.936. The van der Waals surface area contributed by atoms with E-state index in [1.807, 2.05) is 23.1 Å². The fraction of sp³-hybridized carbons (Fsp3) is 0.357. The molecule has 0 amide bonds. The lowest BCUT2D eigenvalue weighted by Gasteiger charge is -2.28. The van der Waals surface area contributed by atoms with Crippen LogP contribution in [-0.4, -0.2) is 38.5 Å². The van der Waals surface area contributed by atoms with Crippen LogP contribution in [0.25, 0.3) is 10.7 Å². The Kier molecular flexibility index (Phi) is 3.50. The first-order valence-electron chi connectivity index (χ1n) is 6.52. The first-order chi connectivity index (χ1) is 9.65. The molecule has 1 unspecified atom stereocenters. The average Bonchev–Trinajstić information content (AvgIpc) is 2.90. The Bertz CT molecular complexity index is 627. The maximum Gasteiger partial charge on any atom is 0.320 e. The number of aromatic nitrogens is 2. The van der Waals surface area contributed by atoms with Crippen LogP contribution < -0.4 is 0 Å². The molecule has 0 spiro atoms. The van der Waals surface area contributed by atoms with Crippen molar-refractivity contribution >= 4 is 17.3 Å². The van der Waals surface area contributed by atoms with Gasteiger partial charge in [0, 0.05) is 30.6 Å². The summed E-state index contributed by atoms with van der Waals surface area (Å²) < 4.78 is 0. The minimum Gasteiger partial charge on any atom is -0.480 e. The van der Waals surface area contributed by atoms with Crippen molar-refractivity contribution in [2.75, 3.05) is 6.54 Å². The minimum atomic E-state index is -0.775. The lowest BCUT2D eigenvalue weighted by atomic mass is 10.1. The molecule has 3 rings (SSSR count). The number of thiazole rings is 1. The summed E-state index contributed by atoms with van der Waals surface area (Å²) >= 11 is 1.61. The molecule has 1 aliphatic rings. The van der Waals surface area contributed by atoms with Crippen molar-refractivity contribution < 1.29 is 9.90 Å². The van der Waals surface area contributed by atoms with Crippen molar-refractivity contribution in [3.05, 3.63) is 35.0 Å². The summed E-state index contributed by atoms with van der Waals surface area (Å²) in [7, 11) is 0. The van der Waals surface area contributed by atoms with Crippen LogP contribution in [0.1, 0.15) is 17.5 Å². The predicted octanol–water partition coefficient (Wildman–Crippen LogP) is 2.04. The van der Waals surface area contributed by atoms with E-state index in [9.17, 15) is 4.79 Å². The number of nitrogens with zero attached hydrogens (tertiary/aromatic N) is 3. The molecule has 0 radical (unpaired) electrons. The monoisotopic (exact) mass is 289 g/mol. The van der Waals surface area contributed by atoms with Crippen LogP contribution in [-0.2, 0) is 17.8 Å². The summed E-state index contributed by atoms with van der Waals surface area (Å²) in [6.07, 6.45) is 2.56. The normalized spacial score (nSPS) is 16.6. The lowest BCUT2D eigenvalue weighted by Crippen LogP contribution is -2.41. The Balaban J connectivity index is 1.85. The van der Waals surface area contributed by atoms with Gasteiger partial charge in [-0.25, -0.2) is 4.98 Å². The second-order valence-electron chi connectivity index (χ2n) is 4.84. The van der Waals surface area contributed by atoms with Gasteiger partial charge in [0.05, 0.1) is 11.4 Å². The fourth-order valence-electron chi connectivity index (χ4n) is 2.30. The standard InChI is InChI=1S/C14H15N3O2S/c1-9(14(18)19)17-7-5-10-12(8-17)20-13(16-10)11-4-2-3-6-15-11/h2-4,6,9H,5,7-8H2,1H3,(H,18,19). The van der Waals surface area contributed by atoms with Gasteiger partial charge in [0.2, 0.25) is 0 Å². The second kappa shape index (κ2) is 5.30. The molecule has 5 nitrogen and oxygen atoms in total. The maximum atomic E-state index is 11.1. The molecule has 0 bridgehead atoms. The zero-order valence-electron chi connectivity index (χ0n) is 11.1. The van der Waals surface area contributed by atoms with Crippen molar-refractivity contribution in [3.63, 3.8) is 0 Å². The summed E-state index contributed by atoms with van der Waals surface area (Å²) in [4.78, 5) is 23.2.